The highest BCUT2D eigenvalue weighted by molar-refractivity contribution is 6.02. The van der Waals surface area contributed by atoms with Crippen LogP contribution in [0.15, 0.2) is 70.9 Å². The first kappa shape index (κ1) is 104. The van der Waals surface area contributed by atoms with E-state index in [0.717, 1.165) is 0 Å². The number of nitrogens with two attached hydrogens (primary N) is 9. The summed E-state index contributed by atoms with van der Waals surface area (Å²) in [6, 6.07) is -5.66. The van der Waals surface area contributed by atoms with E-state index in [9.17, 15) is 24.3 Å². The van der Waals surface area contributed by atoms with Gasteiger partial charge in [-0.1, -0.05) is 50.2 Å². The summed E-state index contributed by atoms with van der Waals surface area (Å²) < 4.78 is 0. The van der Waals surface area contributed by atoms with Gasteiger partial charge in [-0.3, -0.25) is 77.1 Å². The second-order valence-corrected chi connectivity index (χ2v) is 34.0. The van der Waals surface area contributed by atoms with Crippen LogP contribution in [0.3, 0.4) is 0 Å². The Kier molecular flexibility index (Phi) is 43.7. The van der Waals surface area contributed by atoms with Gasteiger partial charge in [0.2, 0.25) is 82.7 Å². The van der Waals surface area contributed by atoms with Crippen LogP contribution in [0.5, 0.6) is 0 Å². The molecule has 42 nitrogen and oxygen atoms in total. The summed E-state index contributed by atoms with van der Waals surface area (Å²) in [4.78, 5) is 228. The van der Waals surface area contributed by atoms with E-state index in [1.54, 1.807) is 74.8 Å². The number of carbonyl (C=O) groups excluding carboxylic acids is 14. The number of aliphatic imine (C=N–C) groups is 2. The van der Waals surface area contributed by atoms with Crippen molar-refractivity contribution in [1.29, 1.82) is 0 Å². The number of nitrogens with one attached hydrogen (secondary N) is 14. The molecule has 3 fully saturated rings. The minimum absolute atomic E-state index is 0.0145. The molecule has 0 radical (unpaired) electrons. The van der Waals surface area contributed by atoms with E-state index in [4.69, 9.17) is 51.6 Å². The van der Waals surface area contributed by atoms with Crippen LogP contribution in [-0.2, 0) is 80.0 Å². The van der Waals surface area contributed by atoms with Gasteiger partial charge in [0, 0.05) is 73.2 Å². The zero-order chi connectivity index (χ0) is 94.2. The minimum atomic E-state index is -1.76. The van der Waals surface area contributed by atoms with E-state index in [-0.39, 0.29) is 186 Å². The molecule has 3 aliphatic rings. The molecule has 0 bridgehead atoms. The van der Waals surface area contributed by atoms with E-state index < -0.39 is 173 Å². The number of aromatic nitrogens is 2. The third-order valence-electron chi connectivity index (χ3n) is 23.3. The predicted molar refractivity (Wildman–Crippen MR) is 488 cm³/mol. The Bertz CT molecular complexity index is 4430. The number of H-pyrrole nitrogens is 2. The molecular weight excluding hydrogens is 1660 g/mol. The number of guanidine groups is 2. The van der Waals surface area contributed by atoms with Crippen molar-refractivity contribution >= 4 is 116 Å². The number of nitrogens with zero attached hydrogens (tertiary/aromatic N) is 4. The van der Waals surface area contributed by atoms with E-state index >= 15 is 47.9 Å². The first-order valence-electron chi connectivity index (χ1n) is 45.5. The molecule has 2 aromatic carbocycles. The third-order valence-corrected chi connectivity index (χ3v) is 23.3. The Hall–Kier alpha value is -11.6. The second kappa shape index (κ2) is 54.0. The molecule has 1 unspecified atom stereocenters. The fraction of sp³-hybridized carbons (Fsp3) is 0.632. The predicted octanol–water partition coefficient (Wildman–Crippen LogP) is -3.55. The first-order valence-corrected chi connectivity index (χ1v) is 45.5. The first-order chi connectivity index (χ1) is 61.8. The second-order valence-electron chi connectivity index (χ2n) is 34.0. The third kappa shape index (κ3) is 32.8. The standard InChI is InChI=1S/C87H141N27O15/c1-50(2)45-66-79(123)106-61(29-11-16-38-90)76(120)103-60(28-10-15-37-89)74(118)104-63(32-19-41-97-86(93)94)77(121)105-64(33-20-42-98-87(95)96)78(122)110-67(46-53-48-99-57-25-7-5-23-55(53)57)80(124)107-62(30-12-17-39-91)75(119)102-59(27-9-14-36-88)73(117)101-51(3)72(116)108-65(31-13-18-40-92)84(128)114-44-22-35-70(114)85(129)113-43-21-34-69(113)82(126)112-71(52(4)115)83(127)111-68(81(125)109-66)47-54-49-100-58-26-8-6-24-56(54)58/h5-8,23-26,48-52,59-71,99-100,115H,9-22,27-47,88-92H2,1-4H3,(H,101,117)(H,102,119)(H,103,120)(H,104,118)(H,105,121)(H,106,123)(H,107,124)(H,108,116)(H,109,125)(H,110,122)(H,111,127)(H,112,126)(H4,93,94,97)(H4,95,96,98)/t51-,52+,59-,60-,61-,62-,63-,64-,65-,66-,67-,68-,69?,70+,71-/m0/s1. The van der Waals surface area contributed by atoms with Crippen LogP contribution in [0.4, 0.5) is 0 Å². The normalized spacial score (nSPS) is 24.6. The molecule has 714 valence electrons. The molecule has 0 saturated carbocycles. The fourth-order valence-corrected chi connectivity index (χ4v) is 16.3. The van der Waals surface area contributed by atoms with E-state index in [1.807, 2.05) is 0 Å². The van der Waals surface area contributed by atoms with Crippen molar-refractivity contribution < 1.29 is 72.2 Å². The van der Waals surface area contributed by atoms with Crippen LogP contribution < -0.4 is 115 Å². The highest BCUT2D eigenvalue weighted by atomic mass is 16.3. The molecule has 3 aliphatic heterocycles. The Morgan fingerprint density at radius 2 is 0.690 bits per heavy atom. The molecule has 2 aromatic heterocycles. The van der Waals surface area contributed by atoms with E-state index in [2.05, 4.69) is 83.8 Å². The largest absolute Gasteiger partial charge is 0.391 e. The molecule has 5 heterocycles. The summed E-state index contributed by atoms with van der Waals surface area (Å²) in [6.07, 6.45) is 5.11. The molecular formula is C87H141N27O15. The number of rotatable bonds is 35. The average molecular weight is 1810 g/mol. The van der Waals surface area contributed by atoms with Gasteiger partial charge in [-0.2, -0.15) is 0 Å². The van der Waals surface area contributed by atoms with Crippen LogP contribution in [0.2, 0.25) is 0 Å². The van der Waals surface area contributed by atoms with Crippen LogP contribution >= 0.6 is 0 Å². The summed E-state index contributed by atoms with van der Waals surface area (Å²) in [6.45, 7) is 7.23. The maximum absolute atomic E-state index is 15.4. The molecule has 0 aliphatic carbocycles. The van der Waals surface area contributed by atoms with Gasteiger partial charge in [0.1, 0.15) is 84.6 Å². The topological polar surface area (TPSA) is 701 Å². The monoisotopic (exact) mass is 1800 g/mol. The summed E-state index contributed by atoms with van der Waals surface area (Å²) in [7, 11) is 0. The average Bonchev–Trinajstić information content (AvgIpc) is 1.66. The van der Waals surface area contributed by atoms with Crippen molar-refractivity contribution in [2.24, 2.45) is 67.5 Å². The summed E-state index contributed by atoms with van der Waals surface area (Å²) in [5.41, 5.74) is 55.2. The number of benzene rings is 2. The van der Waals surface area contributed by atoms with Crippen molar-refractivity contribution in [2.75, 3.05) is 58.9 Å². The number of carbonyl (C=O) groups is 14. The number of fused-ring (bicyclic) bond motifs is 4. The maximum Gasteiger partial charge on any atom is 0.246 e. The lowest BCUT2D eigenvalue weighted by atomic mass is 9.99. The van der Waals surface area contributed by atoms with E-state index in [0.29, 0.717) is 90.7 Å². The Morgan fingerprint density at radius 1 is 0.372 bits per heavy atom. The zero-order valence-corrected chi connectivity index (χ0v) is 74.9. The van der Waals surface area contributed by atoms with Crippen molar-refractivity contribution in [3.63, 3.8) is 0 Å². The minimum Gasteiger partial charge on any atom is -0.391 e. The number of unbranched alkanes of at least 4 members (excludes halogenated alkanes) is 5. The van der Waals surface area contributed by atoms with Crippen LogP contribution in [0.1, 0.15) is 193 Å². The molecule has 3 saturated heterocycles. The number of amides is 14. The lowest BCUT2D eigenvalue weighted by molar-refractivity contribution is -0.148. The summed E-state index contributed by atoms with van der Waals surface area (Å²) in [5, 5.41) is 46.1. The Balaban J connectivity index is 1.33. The highest BCUT2D eigenvalue weighted by Crippen LogP contribution is 2.28. The molecule has 15 atom stereocenters. The number of para-hydroxylation sites is 2. The molecule has 7 rings (SSSR count). The van der Waals surface area contributed by atoms with Gasteiger partial charge in [-0.15, -0.1) is 0 Å². The van der Waals surface area contributed by atoms with Gasteiger partial charge in [0.15, 0.2) is 11.9 Å². The van der Waals surface area contributed by atoms with Gasteiger partial charge in [-0.25, -0.2) is 0 Å². The van der Waals surface area contributed by atoms with Crippen molar-refractivity contribution in [3.05, 3.63) is 72.1 Å². The van der Waals surface area contributed by atoms with Crippen LogP contribution in [0, 0.1) is 5.92 Å². The Labute approximate surface area is 752 Å². The molecule has 14 amide bonds. The number of aromatic amines is 2. The SMILES string of the molecule is CC(C)C[C@@H]1NC(=O)[C@H](Cc2c[nH]c3ccccc23)NC(=O)[C@H]([C@@H](C)O)NC(=O)C2CCCN2C(=O)[C@H]2CCCN2C(=O)[C@H](CCCCN)NC(=O)[C@H](C)NC(=O)[C@H](CCCCN)NC(=O)[C@H](CCCCN)NC(=O)[C@H](Cc2c[nH]c3ccccc23)NC(=O)[C@H](CCCN=C(N)N)NC(=O)[C@H](CCCN=C(N)N)NC(=O)[C@H](CCCCN)NC(=O)[C@H](CCCCN)NC1=O. The van der Waals surface area contributed by atoms with Gasteiger partial charge in [0.05, 0.1) is 6.10 Å². The molecule has 33 N–H and O–H groups in total. The smallest absolute Gasteiger partial charge is 0.246 e. The lowest BCUT2D eigenvalue weighted by Crippen LogP contribution is -2.62. The van der Waals surface area contributed by atoms with Gasteiger partial charge < -0.3 is 140 Å². The quantitative estimate of drug-likeness (QED) is 0.0120. The Morgan fingerprint density at radius 3 is 1.07 bits per heavy atom. The van der Waals surface area contributed by atoms with E-state index in [1.165, 1.54) is 23.6 Å². The number of hydrogen-bond donors (Lipinski definition) is 24. The van der Waals surface area contributed by atoms with Crippen LogP contribution in [0.25, 0.3) is 21.8 Å². The molecule has 0 spiro atoms. The molecule has 42 heteroatoms. The van der Waals surface area contributed by atoms with Crippen molar-refractivity contribution in [3.8, 4) is 0 Å². The van der Waals surface area contributed by atoms with Crippen molar-refractivity contribution in [1.82, 2.24) is 83.6 Å². The van der Waals surface area contributed by atoms with Crippen molar-refractivity contribution in [2.45, 2.75) is 285 Å². The zero-order valence-electron chi connectivity index (χ0n) is 74.9. The number of aliphatic hydroxyl groups excluding tert-OH is 1. The number of aliphatic hydroxyl groups is 1. The van der Waals surface area contributed by atoms with Gasteiger partial charge >= 0.3 is 0 Å². The lowest BCUT2D eigenvalue weighted by Gasteiger charge is -2.34. The molecule has 4 aromatic rings. The number of hydrogen-bond acceptors (Lipinski definition) is 22. The van der Waals surface area contributed by atoms with Crippen LogP contribution in [-0.4, -0.2) is 269 Å². The highest BCUT2D eigenvalue weighted by Gasteiger charge is 2.46. The van der Waals surface area contributed by atoms with Gasteiger partial charge in [-0.05, 0) is 230 Å². The maximum atomic E-state index is 15.4. The summed E-state index contributed by atoms with van der Waals surface area (Å²) in [5.74, 6) is -12.6. The fourth-order valence-electron chi connectivity index (χ4n) is 16.3. The molecule has 129 heavy (non-hydrogen) atoms. The van der Waals surface area contributed by atoms with Gasteiger partial charge in [0.25, 0.3) is 0 Å². The summed E-state index contributed by atoms with van der Waals surface area (Å²) >= 11 is 0.